The van der Waals surface area contributed by atoms with E-state index in [1.807, 2.05) is 0 Å². The van der Waals surface area contributed by atoms with E-state index in [9.17, 15) is 4.79 Å². The van der Waals surface area contributed by atoms with Crippen molar-refractivity contribution in [2.24, 2.45) is 5.41 Å². The Hall–Kier alpha value is -0.530. The van der Waals surface area contributed by atoms with Crippen molar-refractivity contribution in [1.29, 1.82) is 0 Å². The number of unbranched alkanes of at least 4 members (excludes halogenated alkanes) is 3. The molecule has 0 unspecified atom stereocenters. The lowest BCUT2D eigenvalue weighted by atomic mass is 9.89. The Balaban J connectivity index is 3.04. The van der Waals surface area contributed by atoms with E-state index in [0.717, 1.165) is 19.4 Å². The van der Waals surface area contributed by atoms with Gasteiger partial charge in [0.25, 0.3) is 0 Å². The zero-order valence-corrected chi connectivity index (χ0v) is 9.23. The number of hydrogen-bond acceptors (Lipinski definition) is 1. The lowest BCUT2D eigenvalue weighted by molar-refractivity contribution is -0.109. The minimum atomic E-state index is 0.473. The molecule has 0 saturated carbocycles. The summed E-state index contributed by atoms with van der Waals surface area (Å²) in [6, 6.07) is 0. The molecule has 0 spiro atoms. The molecule has 0 radical (unpaired) electrons. The second kappa shape index (κ2) is 6.93. The summed E-state index contributed by atoms with van der Waals surface area (Å²) >= 11 is 0. The van der Waals surface area contributed by atoms with Crippen LogP contribution in [0.2, 0.25) is 0 Å². The summed E-state index contributed by atoms with van der Waals surface area (Å²) < 4.78 is 0. The molecule has 0 aliphatic carbocycles. The fraction of sp³-hybridized carbons (Fsp3) is 0.909. The molecule has 13 heavy (non-hydrogen) atoms. The molecule has 0 aromatic carbocycles. The Bertz CT molecular complexity index is 127. The maximum atomic E-state index is 9.91. The Kier molecular flexibility index (Phi) is 6.65. The Morgan fingerprint density at radius 1 is 1.08 bits per heavy atom. The van der Waals surface area contributed by atoms with Crippen LogP contribution in [0.4, 0.5) is 0 Å². The van der Waals surface area contributed by atoms with Gasteiger partial charge in [-0.2, -0.15) is 0 Å². The highest BCUT2D eigenvalue weighted by Crippen LogP contribution is 2.22. The molecule has 0 fully saturated rings. The van der Waals surface area contributed by atoms with Crippen molar-refractivity contribution in [3.8, 4) is 0 Å². The SMILES string of the molecule is CC(C)(C)CCCCCCNC=O. The molecular weight excluding hydrogens is 162 g/mol. The lowest BCUT2D eigenvalue weighted by Gasteiger charge is -2.17. The van der Waals surface area contributed by atoms with Gasteiger partial charge in [-0.25, -0.2) is 0 Å². The van der Waals surface area contributed by atoms with Gasteiger partial charge in [0.05, 0.1) is 0 Å². The molecular formula is C11H23NO. The van der Waals surface area contributed by atoms with Gasteiger partial charge in [0, 0.05) is 6.54 Å². The smallest absolute Gasteiger partial charge is 0.207 e. The van der Waals surface area contributed by atoms with E-state index < -0.39 is 0 Å². The molecule has 0 aliphatic heterocycles. The summed E-state index contributed by atoms with van der Waals surface area (Å²) in [5, 5.41) is 2.67. The first-order valence-corrected chi connectivity index (χ1v) is 5.23. The molecule has 0 aromatic heterocycles. The van der Waals surface area contributed by atoms with E-state index in [1.165, 1.54) is 25.7 Å². The fourth-order valence-corrected chi connectivity index (χ4v) is 1.29. The highest BCUT2D eigenvalue weighted by atomic mass is 16.1. The average molecular weight is 185 g/mol. The van der Waals surface area contributed by atoms with E-state index in [1.54, 1.807) is 0 Å². The van der Waals surface area contributed by atoms with Crippen molar-refractivity contribution < 1.29 is 4.79 Å². The van der Waals surface area contributed by atoms with Crippen LogP contribution in [0.25, 0.3) is 0 Å². The maximum Gasteiger partial charge on any atom is 0.207 e. The molecule has 0 rings (SSSR count). The van der Waals surface area contributed by atoms with Crippen LogP contribution in [0.3, 0.4) is 0 Å². The minimum absolute atomic E-state index is 0.473. The molecule has 1 N–H and O–H groups in total. The number of hydrogen-bond donors (Lipinski definition) is 1. The molecule has 0 saturated heterocycles. The predicted molar refractivity (Wildman–Crippen MR) is 56.6 cm³/mol. The summed E-state index contributed by atoms with van der Waals surface area (Å²) in [7, 11) is 0. The van der Waals surface area contributed by atoms with Gasteiger partial charge in [-0.15, -0.1) is 0 Å². The highest BCUT2D eigenvalue weighted by Gasteiger charge is 2.08. The lowest BCUT2D eigenvalue weighted by Crippen LogP contribution is -2.11. The van der Waals surface area contributed by atoms with Crippen LogP contribution in [0.15, 0.2) is 0 Å². The monoisotopic (exact) mass is 185 g/mol. The molecule has 2 heteroatoms. The summed E-state index contributed by atoms with van der Waals surface area (Å²) in [5.41, 5.74) is 0.473. The van der Waals surface area contributed by atoms with Crippen LogP contribution in [0.5, 0.6) is 0 Å². The first-order chi connectivity index (χ1) is 6.06. The normalized spacial score (nSPS) is 11.3. The van der Waals surface area contributed by atoms with E-state index in [4.69, 9.17) is 0 Å². The number of carbonyl (C=O) groups is 1. The van der Waals surface area contributed by atoms with Gasteiger partial charge in [0.1, 0.15) is 0 Å². The molecule has 2 nitrogen and oxygen atoms in total. The number of nitrogens with one attached hydrogen (secondary N) is 1. The van der Waals surface area contributed by atoms with Crippen molar-refractivity contribution in [2.45, 2.75) is 52.9 Å². The van der Waals surface area contributed by atoms with E-state index in [2.05, 4.69) is 26.1 Å². The van der Waals surface area contributed by atoms with Gasteiger partial charge in [-0.1, -0.05) is 40.0 Å². The zero-order chi connectivity index (χ0) is 10.2. The number of carbonyl (C=O) groups excluding carboxylic acids is 1. The van der Waals surface area contributed by atoms with Crippen LogP contribution in [0, 0.1) is 5.41 Å². The third-order valence-electron chi connectivity index (χ3n) is 2.08. The van der Waals surface area contributed by atoms with Crippen LogP contribution < -0.4 is 5.32 Å². The molecule has 0 bridgehead atoms. The van der Waals surface area contributed by atoms with Crippen molar-refractivity contribution in [3.63, 3.8) is 0 Å². The van der Waals surface area contributed by atoms with Crippen molar-refractivity contribution in [1.82, 2.24) is 5.32 Å². The van der Waals surface area contributed by atoms with Crippen molar-refractivity contribution in [3.05, 3.63) is 0 Å². The standard InChI is InChI=1S/C11H23NO/c1-11(2,3)8-6-4-5-7-9-12-10-13/h10H,4-9H2,1-3H3,(H,12,13). The summed E-state index contributed by atoms with van der Waals surface area (Å²) in [5.74, 6) is 0. The van der Waals surface area contributed by atoms with Crippen LogP contribution in [-0.4, -0.2) is 13.0 Å². The van der Waals surface area contributed by atoms with E-state index in [0.29, 0.717) is 5.41 Å². The summed E-state index contributed by atoms with van der Waals surface area (Å²) in [4.78, 5) is 9.91. The third kappa shape index (κ3) is 11.5. The number of amides is 1. The predicted octanol–water partition coefficient (Wildman–Crippen LogP) is 2.73. The van der Waals surface area contributed by atoms with Gasteiger partial charge in [-0.3, -0.25) is 4.79 Å². The van der Waals surface area contributed by atoms with E-state index in [-0.39, 0.29) is 0 Å². The van der Waals surface area contributed by atoms with Crippen LogP contribution >= 0.6 is 0 Å². The van der Waals surface area contributed by atoms with Crippen molar-refractivity contribution >= 4 is 6.41 Å². The third-order valence-corrected chi connectivity index (χ3v) is 2.08. The van der Waals surface area contributed by atoms with Gasteiger partial charge < -0.3 is 5.32 Å². The Labute approximate surface area is 82.1 Å². The zero-order valence-electron chi connectivity index (χ0n) is 9.23. The second-order valence-electron chi connectivity index (χ2n) is 4.80. The second-order valence-corrected chi connectivity index (χ2v) is 4.80. The molecule has 0 heterocycles. The topological polar surface area (TPSA) is 29.1 Å². The van der Waals surface area contributed by atoms with Gasteiger partial charge in [0.15, 0.2) is 0 Å². The van der Waals surface area contributed by atoms with Gasteiger partial charge in [-0.05, 0) is 18.3 Å². The Morgan fingerprint density at radius 3 is 2.23 bits per heavy atom. The molecule has 78 valence electrons. The average Bonchev–Trinajstić information content (AvgIpc) is 2.01. The first kappa shape index (κ1) is 12.5. The molecule has 0 atom stereocenters. The van der Waals surface area contributed by atoms with Crippen molar-refractivity contribution in [2.75, 3.05) is 6.54 Å². The summed E-state index contributed by atoms with van der Waals surface area (Å²) in [6.45, 7) is 7.67. The summed E-state index contributed by atoms with van der Waals surface area (Å²) in [6.07, 6.45) is 7.02. The maximum absolute atomic E-state index is 9.91. The first-order valence-electron chi connectivity index (χ1n) is 5.23. The molecule has 0 aromatic rings. The van der Waals surface area contributed by atoms with E-state index >= 15 is 0 Å². The molecule has 0 aliphatic rings. The van der Waals surface area contributed by atoms with Crippen LogP contribution in [-0.2, 0) is 4.79 Å². The fourth-order valence-electron chi connectivity index (χ4n) is 1.29. The van der Waals surface area contributed by atoms with Crippen LogP contribution in [0.1, 0.15) is 52.9 Å². The molecule has 1 amide bonds. The van der Waals surface area contributed by atoms with Gasteiger partial charge in [0.2, 0.25) is 6.41 Å². The highest BCUT2D eigenvalue weighted by molar-refractivity contribution is 5.45. The van der Waals surface area contributed by atoms with Gasteiger partial charge >= 0.3 is 0 Å². The Morgan fingerprint density at radius 2 is 1.69 bits per heavy atom. The minimum Gasteiger partial charge on any atom is -0.359 e. The largest absolute Gasteiger partial charge is 0.359 e. The number of rotatable bonds is 7. The quantitative estimate of drug-likeness (QED) is 0.479.